The van der Waals surface area contributed by atoms with Gasteiger partial charge in [-0.1, -0.05) is 24.3 Å². The van der Waals surface area contributed by atoms with Crippen LogP contribution in [0, 0.1) is 19.7 Å². The molecule has 0 aliphatic heterocycles. The zero-order valence-electron chi connectivity index (χ0n) is 15.9. The minimum absolute atomic E-state index is 0.0707. The Labute approximate surface area is 171 Å². The Balaban J connectivity index is 1.42. The summed E-state index contributed by atoms with van der Waals surface area (Å²) in [6.07, 6.45) is 0. The fourth-order valence-corrected chi connectivity index (χ4v) is 3.49. The standard InChI is InChI=1S/C21H18FN5OS/c1-13-24-20(26-27(13)18-9-7-17(22)8-10-18)21(28)23-11-15-3-5-16(6-4-15)19-12-29-14(2)25-19/h3-10,12H,11H2,1-2H3,(H,23,28). The second-order valence-corrected chi connectivity index (χ2v) is 7.56. The molecule has 2 heterocycles. The number of aromatic nitrogens is 4. The Kier molecular flexibility index (Phi) is 5.18. The smallest absolute Gasteiger partial charge is 0.291 e. The van der Waals surface area contributed by atoms with Crippen LogP contribution in [0.15, 0.2) is 53.9 Å². The molecule has 6 nitrogen and oxygen atoms in total. The number of benzene rings is 2. The van der Waals surface area contributed by atoms with Gasteiger partial charge in [0.05, 0.1) is 16.4 Å². The van der Waals surface area contributed by atoms with Crippen molar-refractivity contribution in [1.29, 1.82) is 0 Å². The van der Waals surface area contributed by atoms with Gasteiger partial charge in [0, 0.05) is 17.5 Å². The summed E-state index contributed by atoms with van der Waals surface area (Å²) in [7, 11) is 0. The maximum Gasteiger partial charge on any atom is 0.291 e. The quantitative estimate of drug-likeness (QED) is 0.541. The molecule has 2 aromatic carbocycles. The van der Waals surface area contributed by atoms with Crippen molar-refractivity contribution in [3.05, 3.63) is 81.9 Å². The molecule has 29 heavy (non-hydrogen) atoms. The van der Waals surface area contributed by atoms with Crippen molar-refractivity contribution in [2.24, 2.45) is 0 Å². The van der Waals surface area contributed by atoms with Crippen LogP contribution in [0.5, 0.6) is 0 Å². The summed E-state index contributed by atoms with van der Waals surface area (Å²) in [4.78, 5) is 21.1. The number of hydrogen-bond acceptors (Lipinski definition) is 5. The van der Waals surface area contributed by atoms with E-state index in [0.29, 0.717) is 18.1 Å². The first-order valence-electron chi connectivity index (χ1n) is 8.99. The van der Waals surface area contributed by atoms with Crippen LogP contribution >= 0.6 is 11.3 Å². The molecule has 0 radical (unpaired) electrons. The van der Waals surface area contributed by atoms with E-state index in [-0.39, 0.29) is 17.5 Å². The lowest BCUT2D eigenvalue weighted by Crippen LogP contribution is -2.24. The van der Waals surface area contributed by atoms with Gasteiger partial charge in [0.1, 0.15) is 11.6 Å². The van der Waals surface area contributed by atoms with Gasteiger partial charge < -0.3 is 5.32 Å². The van der Waals surface area contributed by atoms with Crippen LogP contribution in [0.25, 0.3) is 16.9 Å². The number of rotatable bonds is 5. The SMILES string of the molecule is Cc1nc(-c2ccc(CNC(=O)c3nc(C)n(-c4ccc(F)cc4)n3)cc2)cs1. The maximum absolute atomic E-state index is 13.1. The maximum atomic E-state index is 13.1. The molecule has 0 spiro atoms. The number of halogens is 1. The van der Waals surface area contributed by atoms with Gasteiger partial charge in [-0.05, 0) is 43.7 Å². The molecule has 0 saturated heterocycles. The van der Waals surface area contributed by atoms with Gasteiger partial charge in [0.2, 0.25) is 5.82 Å². The van der Waals surface area contributed by atoms with E-state index in [1.165, 1.54) is 16.8 Å². The lowest BCUT2D eigenvalue weighted by Gasteiger charge is -2.04. The van der Waals surface area contributed by atoms with Crippen molar-refractivity contribution in [3.63, 3.8) is 0 Å². The highest BCUT2D eigenvalue weighted by Crippen LogP contribution is 2.21. The molecule has 0 aliphatic carbocycles. The number of nitrogens with zero attached hydrogens (tertiary/aromatic N) is 4. The summed E-state index contributed by atoms with van der Waals surface area (Å²) in [6, 6.07) is 13.7. The summed E-state index contributed by atoms with van der Waals surface area (Å²) < 4.78 is 14.6. The van der Waals surface area contributed by atoms with Crippen molar-refractivity contribution in [1.82, 2.24) is 25.1 Å². The molecule has 1 N–H and O–H groups in total. The average Bonchev–Trinajstić information content (AvgIpc) is 3.33. The van der Waals surface area contributed by atoms with Crippen LogP contribution in [-0.2, 0) is 6.54 Å². The lowest BCUT2D eigenvalue weighted by atomic mass is 10.1. The van der Waals surface area contributed by atoms with Crippen LogP contribution in [-0.4, -0.2) is 25.7 Å². The number of carbonyl (C=O) groups is 1. The fraction of sp³-hybridized carbons (Fsp3) is 0.143. The number of nitrogens with one attached hydrogen (secondary N) is 1. The predicted molar refractivity (Wildman–Crippen MR) is 110 cm³/mol. The van der Waals surface area contributed by atoms with Crippen LogP contribution in [0.2, 0.25) is 0 Å². The largest absolute Gasteiger partial charge is 0.345 e. The summed E-state index contributed by atoms with van der Waals surface area (Å²) in [5.74, 6) is -0.0837. The number of hydrogen-bond donors (Lipinski definition) is 1. The molecule has 2 aromatic heterocycles. The highest BCUT2D eigenvalue weighted by Gasteiger charge is 2.15. The zero-order valence-corrected chi connectivity index (χ0v) is 16.7. The molecule has 0 fully saturated rings. The third-order valence-electron chi connectivity index (χ3n) is 4.37. The first-order chi connectivity index (χ1) is 14.0. The molecular formula is C21H18FN5OS. The van der Waals surface area contributed by atoms with Crippen LogP contribution in [0.4, 0.5) is 4.39 Å². The summed E-state index contributed by atoms with van der Waals surface area (Å²) >= 11 is 1.61. The summed E-state index contributed by atoms with van der Waals surface area (Å²) in [5.41, 5.74) is 3.60. The number of carbonyl (C=O) groups excluding carboxylic acids is 1. The van der Waals surface area contributed by atoms with E-state index in [4.69, 9.17) is 0 Å². The summed E-state index contributed by atoms with van der Waals surface area (Å²) in [5, 5.41) is 10.1. The minimum atomic E-state index is -0.367. The molecule has 0 saturated carbocycles. The molecule has 1 amide bonds. The molecule has 0 atom stereocenters. The topological polar surface area (TPSA) is 72.7 Å². The van der Waals surface area contributed by atoms with Gasteiger partial charge in [-0.3, -0.25) is 4.79 Å². The van der Waals surface area contributed by atoms with Crippen molar-refractivity contribution < 1.29 is 9.18 Å². The van der Waals surface area contributed by atoms with Gasteiger partial charge in [0.15, 0.2) is 0 Å². The van der Waals surface area contributed by atoms with Crippen molar-refractivity contribution in [3.8, 4) is 16.9 Å². The van der Waals surface area contributed by atoms with Gasteiger partial charge >= 0.3 is 0 Å². The second-order valence-electron chi connectivity index (χ2n) is 6.50. The lowest BCUT2D eigenvalue weighted by molar-refractivity contribution is 0.0940. The molecule has 8 heteroatoms. The highest BCUT2D eigenvalue weighted by molar-refractivity contribution is 7.09. The van der Waals surface area contributed by atoms with Gasteiger partial charge in [-0.2, -0.15) is 0 Å². The van der Waals surface area contributed by atoms with E-state index in [0.717, 1.165) is 21.8 Å². The molecule has 0 aliphatic rings. The van der Waals surface area contributed by atoms with Gasteiger partial charge in [-0.25, -0.2) is 19.0 Å². The predicted octanol–water partition coefficient (Wildman–Crippen LogP) is 4.08. The van der Waals surface area contributed by atoms with Crippen molar-refractivity contribution in [2.75, 3.05) is 0 Å². The third kappa shape index (κ3) is 4.22. The van der Waals surface area contributed by atoms with Crippen LogP contribution < -0.4 is 5.32 Å². The minimum Gasteiger partial charge on any atom is -0.345 e. The Hall–Kier alpha value is -3.39. The Morgan fingerprint density at radius 1 is 1.07 bits per heavy atom. The normalized spacial score (nSPS) is 10.9. The highest BCUT2D eigenvalue weighted by atomic mass is 32.1. The molecular weight excluding hydrogens is 389 g/mol. The first-order valence-corrected chi connectivity index (χ1v) is 9.87. The molecule has 0 bridgehead atoms. The number of amides is 1. The zero-order chi connectivity index (χ0) is 20.4. The Morgan fingerprint density at radius 3 is 2.45 bits per heavy atom. The molecule has 4 aromatic rings. The van der Waals surface area contributed by atoms with E-state index in [2.05, 4.69) is 20.4 Å². The van der Waals surface area contributed by atoms with E-state index in [9.17, 15) is 9.18 Å². The molecule has 0 unspecified atom stereocenters. The Bertz CT molecular complexity index is 1150. The summed E-state index contributed by atoms with van der Waals surface area (Å²) in [6.45, 7) is 4.08. The fourth-order valence-electron chi connectivity index (χ4n) is 2.86. The average molecular weight is 407 g/mol. The van der Waals surface area contributed by atoms with Gasteiger partial charge in [-0.15, -0.1) is 16.4 Å². The van der Waals surface area contributed by atoms with E-state index >= 15 is 0 Å². The van der Waals surface area contributed by atoms with E-state index in [1.807, 2.05) is 36.6 Å². The molecule has 4 rings (SSSR count). The van der Waals surface area contributed by atoms with Crippen molar-refractivity contribution >= 4 is 17.2 Å². The van der Waals surface area contributed by atoms with E-state index in [1.54, 1.807) is 30.4 Å². The third-order valence-corrected chi connectivity index (χ3v) is 5.14. The number of thiazole rings is 1. The first kappa shape index (κ1) is 18.9. The molecule has 146 valence electrons. The monoisotopic (exact) mass is 407 g/mol. The Morgan fingerprint density at radius 2 is 1.79 bits per heavy atom. The van der Waals surface area contributed by atoms with Crippen LogP contribution in [0.3, 0.4) is 0 Å². The second kappa shape index (κ2) is 7.92. The van der Waals surface area contributed by atoms with E-state index < -0.39 is 0 Å². The van der Waals surface area contributed by atoms with Gasteiger partial charge in [0.25, 0.3) is 5.91 Å². The van der Waals surface area contributed by atoms with Crippen molar-refractivity contribution in [2.45, 2.75) is 20.4 Å². The number of aryl methyl sites for hydroxylation is 2. The van der Waals surface area contributed by atoms with Crippen LogP contribution in [0.1, 0.15) is 27.0 Å².